The molecule has 76 valence electrons. The standard InChI is InChI=1S/C10H19O2P/c1-9(13(11)12)10-7-5-3-2-4-6-8-10/h9-10H,2-8H2,1H3/p+1. The predicted octanol–water partition coefficient (Wildman–Crippen LogP) is 3.47. The predicted molar refractivity (Wildman–Crippen MR) is 55.1 cm³/mol. The Morgan fingerprint density at radius 1 is 1.15 bits per heavy atom. The average molecular weight is 203 g/mol. The van der Waals surface area contributed by atoms with Gasteiger partial charge in [0.1, 0.15) is 0 Å². The van der Waals surface area contributed by atoms with Gasteiger partial charge in [-0.15, -0.1) is 0 Å². The zero-order valence-electron chi connectivity index (χ0n) is 8.41. The second-order valence-corrected chi connectivity index (χ2v) is 5.57. The van der Waals surface area contributed by atoms with Crippen molar-refractivity contribution in [3.8, 4) is 0 Å². The van der Waals surface area contributed by atoms with Gasteiger partial charge in [-0.1, -0.05) is 32.1 Å². The molecule has 0 radical (unpaired) electrons. The first-order valence-electron chi connectivity index (χ1n) is 5.37. The summed E-state index contributed by atoms with van der Waals surface area (Å²) in [5.74, 6) is 0.494. The maximum atomic E-state index is 10.9. The van der Waals surface area contributed by atoms with Crippen LogP contribution >= 0.6 is 8.03 Å². The van der Waals surface area contributed by atoms with E-state index in [1.807, 2.05) is 6.92 Å². The largest absolute Gasteiger partial charge is 0.508 e. The van der Waals surface area contributed by atoms with Gasteiger partial charge in [0.05, 0.1) is 0 Å². The smallest absolute Gasteiger partial charge is 0.161 e. The lowest BCUT2D eigenvalue weighted by atomic mass is 9.89. The first kappa shape index (κ1) is 11.1. The summed E-state index contributed by atoms with van der Waals surface area (Å²) in [5.41, 5.74) is 0.00750. The number of hydrogen-bond donors (Lipinski definition) is 1. The molecule has 0 aliphatic heterocycles. The summed E-state index contributed by atoms with van der Waals surface area (Å²) in [5, 5.41) is 0. The van der Waals surface area contributed by atoms with E-state index in [0.29, 0.717) is 5.92 Å². The third-order valence-corrected chi connectivity index (χ3v) is 4.30. The number of hydrogen-bond acceptors (Lipinski definition) is 1. The van der Waals surface area contributed by atoms with Gasteiger partial charge < -0.3 is 0 Å². The van der Waals surface area contributed by atoms with Crippen LogP contribution in [0.3, 0.4) is 0 Å². The second kappa shape index (κ2) is 5.72. The van der Waals surface area contributed by atoms with E-state index in [-0.39, 0.29) is 5.66 Å². The van der Waals surface area contributed by atoms with Gasteiger partial charge in [0.15, 0.2) is 5.66 Å². The van der Waals surface area contributed by atoms with E-state index in [1.165, 1.54) is 32.1 Å². The van der Waals surface area contributed by atoms with Crippen LogP contribution in [0.1, 0.15) is 51.9 Å². The van der Waals surface area contributed by atoms with Gasteiger partial charge in [0.25, 0.3) is 0 Å². The van der Waals surface area contributed by atoms with Crippen LogP contribution in [0.25, 0.3) is 0 Å². The second-order valence-electron chi connectivity index (χ2n) is 4.15. The molecule has 0 heterocycles. The van der Waals surface area contributed by atoms with Crippen molar-refractivity contribution in [2.75, 3.05) is 0 Å². The van der Waals surface area contributed by atoms with Crippen LogP contribution in [-0.2, 0) is 4.57 Å². The third-order valence-electron chi connectivity index (χ3n) is 3.18. The lowest BCUT2D eigenvalue weighted by Gasteiger charge is -2.18. The van der Waals surface area contributed by atoms with Crippen LogP contribution in [0, 0.1) is 5.92 Å². The first-order valence-corrected chi connectivity index (χ1v) is 6.65. The van der Waals surface area contributed by atoms with E-state index in [9.17, 15) is 4.57 Å². The molecule has 0 saturated heterocycles. The minimum atomic E-state index is -1.96. The van der Waals surface area contributed by atoms with Crippen LogP contribution in [0.5, 0.6) is 0 Å². The molecule has 13 heavy (non-hydrogen) atoms. The highest BCUT2D eigenvalue weighted by Gasteiger charge is 2.32. The maximum Gasteiger partial charge on any atom is 0.508 e. The Labute approximate surface area is 81.6 Å². The van der Waals surface area contributed by atoms with Crippen LogP contribution in [0.15, 0.2) is 0 Å². The molecular formula is C10H20O2P+. The van der Waals surface area contributed by atoms with Crippen molar-refractivity contribution in [1.82, 2.24) is 0 Å². The highest BCUT2D eigenvalue weighted by atomic mass is 31.1. The molecule has 1 N–H and O–H groups in total. The van der Waals surface area contributed by atoms with Crippen molar-refractivity contribution in [3.05, 3.63) is 0 Å². The Kier molecular flexibility index (Phi) is 4.90. The quantitative estimate of drug-likeness (QED) is 0.698. The van der Waals surface area contributed by atoms with Gasteiger partial charge in [-0.2, -0.15) is 4.89 Å². The molecule has 3 heteroatoms. The molecule has 0 aromatic rings. The SMILES string of the molecule is CC(C1CCCCCCC1)[P+](=O)O. The minimum Gasteiger partial charge on any atom is -0.161 e. The molecule has 1 fully saturated rings. The Morgan fingerprint density at radius 3 is 2.08 bits per heavy atom. The first-order chi connectivity index (χ1) is 6.22. The van der Waals surface area contributed by atoms with Gasteiger partial charge in [-0.05, 0) is 24.3 Å². The van der Waals surface area contributed by atoms with Crippen molar-refractivity contribution in [3.63, 3.8) is 0 Å². The van der Waals surface area contributed by atoms with Crippen LogP contribution in [-0.4, -0.2) is 10.6 Å². The van der Waals surface area contributed by atoms with Crippen molar-refractivity contribution in [2.45, 2.75) is 57.5 Å². The van der Waals surface area contributed by atoms with E-state index in [4.69, 9.17) is 4.89 Å². The monoisotopic (exact) mass is 203 g/mol. The lowest BCUT2D eigenvalue weighted by Crippen LogP contribution is -2.15. The normalized spacial score (nSPS) is 24.6. The molecule has 0 aromatic heterocycles. The van der Waals surface area contributed by atoms with Crippen molar-refractivity contribution in [1.29, 1.82) is 0 Å². The fourth-order valence-electron chi connectivity index (χ4n) is 2.15. The van der Waals surface area contributed by atoms with E-state index in [1.54, 1.807) is 0 Å². The molecule has 2 nitrogen and oxygen atoms in total. The van der Waals surface area contributed by atoms with Gasteiger partial charge in [-0.25, -0.2) is 0 Å². The van der Waals surface area contributed by atoms with Crippen LogP contribution < -0.4 is 0 Å². The molecular weight excluding hydrogens is 183 g/mol. The summed E-state index contributed by atoms with van der Waals surface area (Å²) < 4.78 is 10.9. The zero-order chi connectivity index (χ0) is 9.68. The van der Waals surface area contributed by atoms with Crippen LogP contribution in [0.4, 0.5) is 0 Å². The summed E-state index contributed by atoms with van der Waals surface area (Å²) in [4.78, 5) is 9.04. The fraction of sp³-hybridized carbons (Fsp3) is 1.00. The summed E-state index contributed by atoms with van der Waals surface area (Å²) >= 11 is 0. The maximum absolute atomic E-state index is 10.9. The van der Waals surface area contributed by atoms with E-state index in [0.717, 1.165) is 12.8 Å². The van der Waals surface area contributed by atoms with Crippen LogP contribution in [0.2, 0.25) is 0 Å². The summed E-state index contributed by atoms with van der Waals surface area (Å²) in [6, 6.07) is 0. The summed E-state index contributed by atoms with van der Waals surface area (Å²) in [7, 11) is -1.96. The van der Waals surface area contributed by atoms with E-state index >= 15 is 0 Å². The lowest BCUT2D eigenvalue weighted by molar-refractivity contribution is 0.358. The zero-order valence-corrected chi connectivity index (χ0v) is 9.30. The Balaban J connectivity index is 2.40. The summed E-state index contributed by atoms with van der Waals surface area (Å²) in [6.45, 7) is 1.92. The molecule has 1 saturated carbocycles. The van der Waals surface area contributed by atoms with Crippen molar-refractivity contribution < 1.29 is 9.46 Å². The average Bonchev–Trinajstić information content (AvgIpc) is 2.02. The van der Waals surface area contributed by atoms with Gasteiger partial charge in [-0.3, -0.25) is 0 Å². The molecule has 2 atom stereocenters. The van der Waals surface area contributed by atoms with Gasteiger partial charge >= 0.3 is 8.03 Å². The molecule has 0 amide bonds. The topological polar surface area (TPSA) is 37.3 Å². The molecule has 0 spiro atoms. The van der Waals surface area contributed by atoms with Crippen molar-refractivity contribution in [2.24, 2.45) is 5.92 Å². The molecule has 0 bridgehead atoms. The fourth-order valence-corrected chi connectivity index (χ4v) is 2.81. The van der Waals surface area contributed by atoms with E-state index in [2.05, 4.69) is 0 Å². The van der Waals surface area contributed by atoms with Crippen molar-refractivity contribution >= 4 is 8.03 Å². The minimum absolute atomic E-state index is 0.00750. The molecule has 0 aromatic carbocycles. The Hall–Kier alpha value is 0.0600. The summed E-state index contributed by atoms with van der Waals surface area (Å²) in [6.07, 6.45) is 8.78. The highest BCUT2D eigenvalue weighted by Crippen LogP contribution is 2.35. The highest BCUT2D eigenvalue weighted by molar-refractivity contribution is 7.38. The van der Waals surface area contributed by atoms with Gasteiger partial charge in [0, 0.05) is 5.92 Å². The van der Waals surface area contributed by atoms with Gasteiger partial charge in [0.2, 0.25) is 0 Å². The Bertz CT molecular complexity index is 162. The Morgan fingerprint density at radius 2 is 1.62 bits per heavy atom. The molecule has 1 aliphatic carbocycles. The molecule has 1 rings (SSSR count). The molecule has 2 unspecified atom stereocenters. The van der Waals surface area contributed by atoms with E-state index < -0.39 is 8.03 Å². The molecule has 1 aliphatic rings. The third kappa shape index (κ3) is 3.74. The number of rotatable bonds is 2.